The number of benzene rings is 2. The van der Waals surface area contributed by atoms with E-state index in [2.05, 4.69) is 15.3 Å². The van der Waals surface area contributed by atoms with E-state index in [1.807, 2.05) is 48.5 Å². The maximum absolute atomic E-state index is 12.8. The topological polar surface area (TPSA) is 114 Å². The highest BCUT2D eigenvalue weighted by Gasteiger charge is 2.19. The fraction of sp³-hybridized carbons (Fsp3) is 0.125. The number of nitrogens with zero attached hydrogens (tertiary/aromatic N) is 4. The van der Waals surface area contributed by atoms with Crippen LogP contribution in [-0.4, -0.2) is 45.8 Å². The third-order valence-electron chi connectivity index (χ3n) is 5.01. The van der Waals surface area contributed by atoms with Crippen molar-refractivity contribution in [2.24, 2.45) is 0 Å². The molecule has 0 unspecified atom stereocenters. The van der Waals surface area contributed by atoms with Gasteiger partial charge in [-0.15, -0.1) is 0 Å². The van der Waals surface area contributed by atoms with E-state index in [9.17, 15) is 9.59 Å². The van der Waals surface area contributed by atoms with Crippen LogP contribution in [-0.2, 0) is 6.54 Å². The summed E-state index contributed by atoms with van der Waals surface area (Å²) in [6, 6.07) is 17.1. The van der Waals surface area contributed by atoms with Gasteiger partial charge in [-0.2, -0.15) is 0 Å². The zero-order valence-electron chi connectivity index (χ0n) is 17.7. The van der Waals surface area contributed by atoms with Crippen LogP contribution in [0.2, 0.25) is 0 Å². The average Bonchev–Trinajstić information content (AvgIpc) is 2.81. The molecule has 2 amide bonds. The van der Waals surface area contributed by atoms with Crippen molar-refractivity contribution in [1.29, 1.82) is 0 Å². The van der Waals surface area contributed by atoms with Crippen LogP contribution in [0.5, 0.6) is 0 Å². The van der Waals surface area contributed by atoms with E-state index >= 15 is 0 Å². The number of aromatic nitrogens is 3. The van der Waals surface area contributed by atoms with Crippen molar-refractivity contribution in [3.63, 3.8) is 0 Å². The van der Waals surface area contributed by atoms with Gasteiger partial charge in [0.15, 0.2) is 11.5 Å². The third kappa shape index (κ3) is 4.11. The number of hydrogen-bond acceptors (Lipinski definition) is 6. The molecule has 3 N–H and O–H groups in total. The van der Waals surface area contributed by atoms with Gasteiger partial charge in [-0.05, 0) is 23.8 Å². The predicted octanol–water partition coefficient (Wildman–Crippen LogP) is 2.91. The van der Waals surface area contributed by atoms with Gasteiger partial charge in [0, 0.05) is 43.0 Å². The summed E-state index contributed by atoms with van der Waals surface area (Å²) < 4.78 is 0. The molecule has 0 aliphatic carbocycles. The van der Waals surface area contributed by atoms with Crippen molar-refractivity contribution in [1.82, 2.24) is 25.2 Å². The van der Waals surface area contributed by atoms with Gasteiger partial charge in [-0.1, -0.05) is 36.4 Å². The summed E-state index contributed by atoms with van der Waals surface area (Å²) >= 11 is 0. The maximum atomic E-state index is 12.8. The van der Waals surface area contributed by atoms with E-state index < -0.39 is 5.91 Å². The average molecular weight is 426 g/mol. The molecule has 160 valence electrons. The number of nitrogens with two attached hydrogens (primary N) is 1. The first kappa shape index (κ1) is 20.9. The van der Waals surface area contributed by atoms with Crippen LogP contribution in [0.1, 0.15) is 26.5 Å². The quantitative estimate of drug-likeness (QED) is 0.507. The summed E-state index contributed by atoms with van der Waals surface area (Å²) in [5.41, 5.74) is 9.31. The van der Waals surface area contributed by atoms with Gasteiger partial charge in [0.05, 0.1) is 17.8 Å². The van der Waals surface area contributed by atoms with Crippen molar-refractivity contribution >= 4 is 28.5 Å². The van der Waals surface area contributed by atoms with Crippen LogP contribution in [0.15, 0.2) is 67.0 Å². The number of rotatable bonds is 5. The number of amides is 2. The molecule has 0 aliphatic heterocycles. The van der Waals surface area contributed by atoms with Gasteiger partial charge in [0.1, 0.15) is 0 Å². The van der Waals surface area contributed by atoms with Crippen molar-refractivity contribution in [3.8, 4) is 11.1 Å². The first-order valence-corrected chi connectivity index (χ1v) is 10.00. The molecular formula is C24H22N6O2. The number of hydrogen-bond donors (Lipinski definition) is 2. The monoisotopic (exact) mass is 426 g/mol. The molecule has 32 heavy (non-hydrogen) atoms. The minimum absolute atomic E-state index is 0.0537. The maximum Gasteiger partial charge on any atom is 0.274 e. The molecule has 2 aromatic carbocycles. The standard InChI is InChI=1S/C24H22N6O2/c1-30(2)24(32)17-9-5-4-8-16(17)18-13-15-7-3-6-10-19(15)29-20(18)14-28-23(31)21-22(25)27-12-11-26-21/h3-13H,14H2,1-2H3,(H2,25,27)(H,28,31). The number of carbonyl (C=O) groups excluding carboxylic acids is 2. The Morgan fingerprint density at radius 3 is 2.47 bits per heavy atom. The second kappa shape index (κ2) is 8.81. The van der Waals surface area contributed by atoms with Crippen LogP contribution < -0.4 is 11.1 Å². The highest BCUT2D eigenvalue weighted by atomic mass is 16.2. The molecule has 0 spiro atoms. The van der Waals surface area contributed by atoms with Gasteiger partial charge in [0.25, 0.3) is 11.8 Å². The van der Waals surface area contributed by atoms with Gasteiger partial charge in [-0.25, -0.2) is 9.97 Å². The zero-order chi connectivity index (χ0) is 22.7. The van der Waals surface area contributed by atoms with E-state index in [1.165, 1.54) is 17.3 Å². The molecule has 0 bridgehead atoms. The summed E-state index contributed by atoms with van der Waals surface area (Å²) in [6.07, 6.45) is 2.84. The van der Waals surface area contributed by atoms with E-state index in [-0.39, 0.29) is 24.0 Å². The Hall–Kier alpha value is -4.33. The SMILES string of the molecule is CN(C)C(=O)c1ccccc1-c1cc2ccccc2nc1CNC(=O)c1nccnc1N. The second-order valence-corrected chi connectivity index (χ2v) is 7.39. The largest absolute Gasteiger partial charge is 0.382 e. The van der Waals surface area contributed by atoms with Gasteiger partial charge in [-0.3, -0.25) is 14.6 Å². The lowest BCUT2D eigenvalue weighted by molar-refractivity contribution is 0.0828. The van der Waals surface area contributed by atoms with Crippen molar-refractivity contribution < 1.29 is 9.59 Å². The molecule has 2 heterocycles. The molecule has 0 aliphatic rings. The third-order valence-corrected chi connectivity index (χ3v) is 5.01. The van der Waals surface area contributed by atoms with Crippen LogP contribution >= 0.6 is 0 Å². The highest BCUT2D eigenvalue weighted by molar-refractivity contribution is 6.02. The number of nitrogens with one attached hydrogen (secondary N) is 1. The molecule has 8 nitrogen and oxygen atoms in total. The molecule has 0 fully saturated rings. The first-order chi connectivity index (χ1) is 15.5. The predicted molar refractivity (Wildman–Crippen MR) is 123 cm³/mol. The van der Waals surface area contributed by atoms with Crippen molar-refractivity contribution in [2.45, 2.75) is 6.54 Å². The minimum atomic E-state index is -0.450. The molecule has 0 radical (unpaired) electrons. The normalized spacial score (nSPS) is 10.7. The van der Waals surface area contributed by atoms with Crippen LogP contribution in [0, 0.1) is 0 Å². The Balaban J connectivity index is 1.78. The van der Waals surface area contributed by atoms with E-state index in [1.54, 1.807) is 20.2 Å². The summed E-state index contributed by atoms with van der Waals surface area (Å²) in [6.45, 7) is 0.125. The van der Waals surface area contributed by atoms with Gasteiger partial charge in [0.2, 0.25) is 0 Å². The van der Waals surface area contributed by atoms with Crippen LogP contribution in [0.25, 0.3) is 22.0 Å². The molecular weight excluding hydrogens is 404 g/mol. The molecule has 4 rings (SSSR count). The molecule has 4 aromatic rings. The number of nitrogen functional groups attached to an aromatic ring is 1. The molecule has 2 aromatic heterocycles. The lowest BCUT2D eigenvalue weighted by Gasteiger charge is -2.17. The second-order valence-electron chi connectivity index (χ2n) is 7.39. The molecule has 0 saturated carbocycles. The Morgan fingerprint density at radius 2 is 1.69 bits per heavy atom. The molecule has 0 atom stereocenters. The summed E-state index contributed by atoms with van der Waals surface area (Å²) in [5, 5.41) is 3.76. The zero-order valence-corrected chi connectivity index (χ0v) is 17.7. The smallest absolute Gasteiger partial charge is 0.274 e. The number of para-hydroxylation sites is 1. The Morgan fingerprint density at radius 1 is 0.969 bits per heavy atom. The Bertz CT molecular complexity index is 1320. The fourth-order valence-corrected chi connectivity index (χ4v) is 3.44. The van der Waals surface area contributed by atoms with Crippen LogP contribution in [0.3, 0.4) is 0 Å². The lowest BCUT2D eigenvalue weighted by Crippen LogP contribution is -2.26. The Kier molecular flexibility index (Phi) is 5.76. The van der Waals surface area contributed by atoms with E-state index in [0.29, 0.717) is 11.3 Å². The number of carbonyl (C=O) groups is 2. The first-order valence-electron chi connectivity index (χ1n) is 10.00. The number of fused-ring (bicyclic) bond motifs is 1. The fourth-order valence-electron chi connectivity index (χ4n) is 3.44. The minimum Gasteiger partial charge on any atom is -0.382 e. The van der Waals surface area contributed by atoms with E-state index in [0.717, 1.165) is 22.0 Å². The number of pyridine rings is 1. The summed E-state index contributed by atoms with van der Waals surface area (Å²) in [7, 11) is 3.42. The van der Waals surface area contributed by atoms with E-state index in [4.69, 9.17) is 10.7 Å². The highest BCUT2D eigenvalue weighted by Crippen LogP contribution is 2.30. The lowest BCUT2D eigenvalue weighted by atomic mass is 9.96. The summed E-state index contributed by atoms with van der Waals surface area (Å²) in [5.74, 6) is -0.510. The van der Waals surface area contributed by atoms with Crippen molar-refractivity contribution in [2.75, 3.05) is 19.8 Å². The molecule has 0 saturated heterocycles. The summed E-state index contributed by atoms with van der Waals surface area (Å²) in [4.78, 5) is 39.7. The van der Waals surface area contributed by atoms with Crippen LogP contribution in [0.4, 0.5) is 5.82 Å². The Labute approximate surface area is 185 Å². The molecule has 8 heteroatoms. The van der Waals surface area contributed by atoms with Crippen molar-refractivity contribution in [3.05, 3.63) is 83.9 Å². The number of anilines is 1. The van der Waals surface area contributed by atoms with Gasteiger partial charge >= 0.3 is 0 Å². The van der Waals surface area contributed by atoms with Gasteiger partial charge < -0.3 is 16.0 Å².